The summed E-state index contributed by atoms with van der Waals surface area (Å²) in [5.41, 5.74) is 0. The maximum atomic E-state index is 5.01. The molecule has 30 heavy (non-hydrogen) atoms. The van der Waals surface area contributed by atoms with Crippen molar-refractivity contribution in [2.45, 2.75) is 136 Å². The summed E-state index contributed by atoms with van der Waals surface area (Å²) < 4.78 is 0. The number of hydrogen-bond donors (Lipinski definition) is 0. The van der Waals surface area contributed by atoms with Gasteiger partial charge in [-0.15, -0.1) is 0 Å². The molecule has 190 valence electrons. The molecule has 0 aliphatic heterocycles. The van der Waals surface area contributed by atoms with E-state index in [-0.39, 0.29) is 0 Å². The van der Waals surface area contributed by atoms with E-state index >= 15 is 0 Å². The van der Waals surface area contributed by atoms with Crippen LogP contribution in [0, 0.1) is 0 Å². The van der Waals surface area contributed by atoms with Gasteiger partial charge in [-0.2, -0.15) is 0 Å². The van der Waals surface area contributed by atoms with E-state index in [0.29, 0.717) is 0 Å². The van der Waals surface area contributed by atoms with E-state index in [1.54, 1.807) is 0 Å². The molecule has 0 rings (SSSR count). The number of rotatable bonds is 21. The van der Waals surface area contributed by atoms with Crippen LogP contribution in [0.25, 0.3) is 0 Å². The molecule has 0 spiro atoms. The van der Waals surface area contributed by atoms with E-state index in [4.69, 9.17) is 37.7 Å². The number of unbranched alkanes of at least 4 members (excludes halogenated alkanes) is 15. The molecule has 0 aliphatic carbocycles. The Morgan fingerprint density at radius 2 is 0.600 bits per heavy atom. The van der Waals surface area contributed by atoms with Gasteiger partial charge in [0.25, 0.3) is 0 Å². The van der Waals surface area contributed by atoms with Gasteiger partial charge in [0, 0.05) is 0 Å². The van der Waals surface area contributed by atoms with Crippen LogP contribution in [0.2, 0.25) is 0 Å². The third-order valence-electron chi connectivity index (χ3n) is 5.48. The Labute approximate surface area is 209 Å². The second-order valence-electron chi connectivity index (χ2n) is 8.42. The van der Waals surface area contributed by atoms with Gasteiger partial charge in [0.05, 0.1) is 0 Å². The first-order chi connectivity index (χ1) is 14.3. The topological polar surface area (TPSA) is 3.24 Å². The van der Waals surface area contributed by atoms with Crippen LogP contribution in [-0.4, -0.2) is 24.5 Å². The summed E-state index contributed by atoms with van der Waals surface area (Å²) in [5, 5.41) is 0. The molecule has 0 saturated heterocycles. The van der Waals surface area contributed by atoms with E-state index < -0.39 is 11.9 Å². The summed E-state index contributed by atoms with van der Waals surface area (Å²) >= 11 is -3.06. The van der Waals surface area contributed by atoms with Crippen molar-refractivity contribution >= 4 is 37.7 Å². The normalized spacial score (nSPS) is 12.1. The Bertz CT molecular complexity index is 270. The van der Waals surface area contributed by atoms with Gasteiger partial charge in [-0.1, -0.05) is 117 Å². The molecule has 1 nitrogen and oxygen atoms in total. The Hall–Kier alpha value is 1.81. The van der Waals surface area contributed by atoms with Gasteiger partial charge in [0.2, 0.25) is 0 Å². The third-order valence-corrected chi connectivity index (χ3v) is 5.48. The van der Waals surface area contributed by atoms with Crippen LogP contribution in [0.4, 0.5) is 0 Å². The van der Waals surface area contributed by atoms with Gasteiger partial charge in [-0.05, 0) is 38.9 Å². The fourth-order valence-electron chi connectivity index (χ4n) is 3.68. The van der Waals surface area contributed by atoms with Crippen molar-refractivity contribution < 1.29 is 11.9 Å². The van der Waals surface area contributed by atoms with Crippen molar-refractivity contribution in [3.05, 3.63) is 0 Å². The van der Waals surface area contributed by atoms with Crippen LogP contribution in [0.5, 0.6) is 0 Å². The average molecular weight is 691 g/mol. The van der Waals surface area contributed by atoms with Crippen LogP contribution in [0.1, 0.15) is 136 Å². The van der Waals surface area contributed by atoms with Gasteiger partial charge < -0.3 is 4.90 Å². The van der Waals surface area contributed by atoms with Gasteiger partial charge in [0.1, 0.15) is 0 Å². The Kier molecular flexibility index (Phi) is 30.6. The van der Waals surface area contributed by atoms with Crippen molar-refractivity contribution in [2.24, 2.45) is 0 Å². The fourth-order valence-corrected chi connectivity index (χ4v) is 3.68. The molecule has 0 aromatic heterocycles. The minimum absolute atomic E-state index is 1.36. The predicted molar refractivity (Wildman–Crippen MR) is 140 cm³/mol. The predicted octanol–water partition coefficient (Wildman–Crippen LogP) is 11.1. The van der Waals surface area contributed by atoms with Crippen molar-refractivity contribution in [3.63, 3.8) is 0 Å². The number of hydrogen-bond acceptors (Lipinski definition) is 1. The number of halogens is 4. The first-order valence-corrected chi connectivity index (χ1v) is 23.8. The van der Waals surface area contributed by atoms with E-state index in [9.17, 15) is 0 Å². The Morgan fingerprint density at radius 3 is 0.833 bits per heavy atom. The molecule has 0 fully saturated rings. The first kappa shape index (κ1) is 34.0. The van der Waals surface area contributed by atoms with Crippen molar-refractivity contribution in [2.75, 3.05) is 19.6 Å². The second kappa shape index (κ2) is 27.1. The Balaban J connectivity index is 0. The SMILES string of the molecule is CCCCCCCCN(CCCCCCCC)CCCCCCCC.[Cl][Pt]([Cl])([Cl])[Cl]. The molecule has 0 bridgehead atoms. The van der Waals surface area contributed by atoms with Gasteiger partial charge in [-0.3, -0.25) is 0 Å². The quantitative estimate of drug-likeness (QED) is 0.108. The molecule has 0 unspecified atom stereocenters. The molecule has 0 radical (unpaired) electrons. The first-order valence-electron chi connectivity index (χ1n) is 12.5. The summed E-state index contributed by atoms with van der Waals surface area (Å²) in [4.78, 5) is 2.79. The average Bonchev–Trinajstić information content (AvgIpc) is 2.68. The molecule has 6 heteroatoms. The van der Waals surface area contributed by atoms with Crippen LogP contribution in [0.15, 0.2) is 0 Å². The standard InChI is InChI=1S/C24H51N.4ClH.Pt/c1-4-7-10-13-16-19-22-25(23-20-17-14-11-8-5-2)24-21-18-15-12-9-6-3;;;;;/h4-24H2,1-3H3;4*1H;/q;;;;;+4/p-4. The minimum atomic E-state index is -3.06. The Morgan fingerprint density at radius 1 is 0.400 bits per heavy atom. The van der Waals surface area contributed by atoms with Crippen molar-refractivity contribution in [1.29, 1.82) is 0 Å². The summed E-state index contributed by atoms with van der Waals surface area (Å²) in [6.07, 6.45) is 25.7. The van der Waals surface area contributed by atoms with Crippen LogP contribution in [-0.2, 0) is 11.9 Å². The second-order valence-corrected chi connectivity index (χ2v) is 28.1. The molecular formula is C24H51Cl4NPt. The summed E-state index contributed by atoms with van der Waals surface area (Å²) in [5.74, 6) is 0. The van der Waals surface area contributed by atoms with E-state index in [1.165, 1.54) is 135 Å². The molecule has 0 atom stereocenters. The summed E-state index contributed by atoms with van der Waals surface area (Å²) in [6.45, 7) is 11.0. The molecule has 0 aromatic rings. The van der Waals surface area contributed by atoms with Crippen molar-refractivity contribution in [1.82, 2.24) is 4.90 Å². The van der Waals surface area contributed by atoms with E-state index in [0.717, 1.165) is 0 Å². The molecule has 0 N–H and O–H groups in total. The molecule has 0 aliphatic rings. The van der Waals surface area contributed by atoms with Crippen LogP contribution >= 0.6 is 37.7 Å². The van der Waals surface area contributed by atoms with Crippen LogP contribution < -0.4 is 0 Å². The molecule has 0 aromatic carbocycles. The van der Waals surface area contributed by atoms with E-state index in [2.05, 4.69) is 25.7 Å². The molecule has 0 heterocycles. The number of nitrogens with zero attached hydrogens (tertiary/aromatic N) is 1. The zero-order chi connectivity index (χ0) is 22.9. The maximum absolute atomic E-state index is 5.01. The van der Waals surface area contributed by atoms with Gasteiger partial charge in [-0.25, -0.2) is 0 Å². The van der Waals surface area contributed by atoms with E-state index in [1.807, 2.05) is 0 Å². The fraction of sp³-hybridized carbons (Fsp3) is 1.00. The molecule has 0 saturated carbocycles. The zero-order valence-corrected chi connectivity index (χ0v) is 25.4. The van der Waals surface area contributed by atoms with Crippen LogP contribution in [0.3, 0.4) is 0 Å². The molecule has 0 amide bonds. The molecular weight excluding hydrogens is 639 g/mol. The van der Waals surface area contributed by atoms with Crippen molar-refractivity contribution in [3.8, 4) is 0 Å². The van der Waals surface area contributed by atoms with Gasteiger partial charge >= 0.3 is 49.6 Å². The van der Waals surface area contributed by atoms with Gasteiger partial charge in [0.15, 0.2) is 0 Å². The summed E-state index contributed by atoms with van der Waals surface area (Å²) in [6, 6.07) is 0. The monoisotopic (exact) mass is 688 g/mol. The summed E-state index contributed by atoms with van der Waals surface area (Å²) in [7, 11) is 20.0. The zero-order valence-electron chi connectivity index (χ0n) is 20.1. The third kappa shape index (κ3) is 37.1.